The number of hydrogen-bond acceptors (Lipinski definition) is 2. The second-order valence-electron chi connectivity index (χ2n) is 4.74. The zero-order chi connectivity index (χ0) is 16.3. The largest absolute Gasteiger partial charge is 0.496 e. The van der Waals surface area contributed by atoms with Gasteiger partial charge in [0.1, 0.15) is 23.2 Å². The highest BCUT2D eigenvalue weighted by atomic mass is 19.1. The first-order valence-corrected chi connectivity index (χ1v) is 6.45. The minimum absolute atomic E-state index is 0.0347. The first-order valence-electron chi connectivity index (χ1n) is 6.45. The molecule has 0 unspecified atom stereocenters. The molecule has 0 saturated heterocycles. The van der Waals surface area contributed by atoms with Crippen LogP contribution in [0.3, 0.4) is 0 Å². The molecular weight excluding hydrogens is 295 g/mol. The number of nitrogens with zero attached hydrogens (tertiary/aromatic N) is 1. The highest BCUT2D eigenvalue weighted by molar-refractivity contribution is 5.96. The summed E-state index contributed by atoms with van der Waals surface area (Å²) >= 11 is 0. The summed E-state index contributed by atoms with van der Waals surface area (Å²) in [6, 6.07) is 6.69. The third kappa shape index (κ3) is 3.39. The fourth-order valence-corrected chi connectivity index (χ4v) is 2.03. The number of benzene rings is 2. The minimum atomic E-state index is -0.745. The number of halogens is 3. The Hall–Kier alpha value is -2.50. The summed E-state index contributed by atoms with van der Waals surface area (Å²) in [5.41, 5.74) is 0.195. The van der Waals surface area contributed by atoms with Crippen molar-refractivity contribution >= 4 is 5.91 Å². The van der Waals surface area contributed by atoms with E-state index in [1.165, 1.54) is 37.3 Å². The van der Waals surface area contributed by atoms with Crippen molar-refractivity contribution in [2.24, 2.45) is 0 Å². The van der Waals surface area contributed by atoms with Gasteiger partial charge in [0.15, 0.2) is 0 Å². The number of methoxy groups -OCH3 is 1. The predicted octanol–water partition coefficient (Wildman–Crippen LogP) is 3.38. The number of ether oxygens (including phenoxy) is 1. The van der Waals surface area contributed by atoms with E-state index in [1.807, 2.05) is 0 Å². The molecule has 22 heavy (non-hydrogen) atoms. The van der Waals surface area contributed by atoms with Gasteiger partial charge in [0.05, 0.1) is 12.7 Å². The van der Waals surface area contributed by atoms with E-state index in [1.54, 1.807) is 0 Å². The van der Waals surface area contributed by atoms with E-state index in [0.717, 1.165) is 18.2 Å². The molecule has 0 radical (unpaired) electrons. The molecule has 1 amide bonds. The predicted molar refractivity (Wildman–Crippen MR) is 75.1 cm³/mol. The van der Waals surface area contributed by atoms with Crippen molar-refractivity contribution in [1.29, 1.82) is 0 Å². The Morgan fingerprint density at radius 1 is 1.09 bits per heavy atom. The van der Waals surface area contributed by atoms with Crippen LogP contribution >= 0.6 is 0 Å². The molecule has 3 nitrogen and oxygen atoms in total. The molecule has 116 valence electrons. The van der Waals surface area contributed by atoms with Crippen molar-refractivity contribution in [3.05, 3.63) is 65.0 Å². The number of carbonyl (C=O) groups excluding carboxylic acids is 1. The molecule has 0 aliphatic carbocycles. The average molecular weight is 309 g/mol. The van der Waals surface area contributed by atoms with E-state index in [0.29, 0.717) is 0 Å². The summed E-state index contributed by atoms with van der Waals surface area (Å²) in [5.74, 6) is -2.32. The van der Waals surface area contributed by atoms with Gasteiger partial charge >= 0.3 is 0 Å². The van der Waals surface area contributed by atoms with Gasteiger partial charge < -0.3 is 9.64 Å². The molecule has 0 spiro atoms. The monoisotopic (exact) mass is 309 g/mol. The van der Waals surface area contributed by atoms with E-state index in [9.17, 15) is 18.0 Å². The number of hydrogen-bond donors (Lipinski definition) is 0. The Labute approximate surface area is 125 Å². The zero-order valence-corrected chi connectivity index (χ0v) is 12.1. The van der Waals surface area contributed by atoms with Crippen LogP contribution in [0.1, 0.15) is 15.9 Å². The fraction of sp³-hybridized carbons (Fsp3) is 0.188. The number of rotatable bonds is 4. The van der Waals surface area contributed by atoms with Crippen LogP contribution in [0.15, 0.2) is 36.4 Å². The van der Waals surface area contributed by atoms with Crippen LogP contribution < -0.4 is 4.74 Å². The number of carbonyl (C=O) groups is 1. The normalized spacial score (nSPS) is 10.4. The van der Waals surface area contributed by atoms with Crippen molar-refractivity contribution in [3.63, 3.8) is 0 Å². The lowest BCUT2D eigenvalue weighted by atomic mass is 10.1. The Morgan fingerprint density at radius 3 is 2.36 bits per heavy atom. The van der Waals surface area contributed by atoms with Gasteiger partial charge in [-0.3, -0.25) is 4.79 Å². The van der Waals surface area contributed by atoms with Gasteiger partial charge in [-0.15, -0.1) is 0 Å². The van der Waals surface area contributed by atoms with E-state index >= 15 is 0 Å². The molecule has 0 saturated carbocycles. The van der Waals surface area contributed by atoms with Crippen molar-refractivity contribution in [3.8, 4) is 5.75 Å². The fourth-order valence-electron chi connectivity index (χ4n) is 2.03. The lowest BCUT2D eigenvalue weighted by Gasteiger charge is -2.19. The molecular formula is C16H14F3NO2. The molecule has 0 bridgehead atoms. The van der Waals surface area contributed by atoms with Crippen LogP contribution in [0, 0.1) is 17.5 Å². The smallest absolute Gasteiger partial charge is 0.257 e. The topological polar surface area (TPSA) is 29.5 Å². The zero-order valence-electron chi connectivity index (χ0n) is 12.1. The van der Waals surface area contributed by atoms with Crippen molar-refractivity contribution < 1.29 is 22.7 Å². The lowest BCUT2D eigenvalue weighted by Crippen LogP contribution is -2.27. The Morgan fingerprint density at radius 2 is 1.73 bits per heavy atom. The maximum atomic E-state index is 13.6. The third-order valence-corrected chi connectivity index (χ3v) is 3.16. The van der Waals surface area contributed by atoms with Gasteiger partial charge in [-0.1, -0.05) is 6.07 Å². The first-order chi connectivity index (χ1) is 10.4. The third-order valence-electron chi connectivity index (χ3n) is 3.16. The van der Waals surface area contributed by atoms with Gasteiger partial charge in [-0.25, -0.2) is 13.2 Å². The average Bonchev–Trinajstić information content (AvgIpc) is 2.49. The SMILES string of the molecule is COc1ccc(F)cc1C(=O)N(C)Cc1ccc(F)cc1F. The molecule has 6 heteroatoms. The molecule has 0 aliphatic rings. The van der Waals surface area contributed by atoms with E-state index in [2.05, 4.69) is 0 Å². The Kier molecular flexibility index (Phi) is 4.70. The Balaban J connectivity index is 2.24. The molecule has 0 atom stereocenters. The van der Waals surface area contributed by atoms with Gasteiger partial charge in [-0.2, -0.15) is 0 Å². The summed E-state index contributed by atoms with van der Waals surface area (Å²) in [6.07, 6.45) is 0. The summed E-state index contributed by atoms with van der Waals surface area (Å²) in [4.78, 5) is 13.5. The maximum absolute atomic E-state index is 13.6. The van der Waals surface area contributed by atoms with E-state index in [-0.39, 0.29) is 23.4 Å². The van der Waals surface area contributed by atoms with Gasteiger partial charge in [0.2, 0.25) is 0 Å². The summed E-state index contributed by atoms with van der Waals surface area (Å²) in [6.45, 7) is -0.0788. The molecule has 2 rings (SSSR count). The Bertz CT molecular complexity index is 704. The van der Waals surface area contributed by atoms with E-state index in [4.69, 9.17) is 4.74 Å². The molecule has 0 aromatic heterocycles. The standard InChI is InChI=1S/C16H14F3NO2/c1-20(9-10-3-4-12(18)8-14(10)19)16(21)13-7-11(17)5-6-15(13)22-2/h3-8H,9H2,1-2H3. The van der Waals surface area contributed by atoms with Crippen LogP contribution in [0.5, 0.6) is 5.75 Å². The van der Waals surface area contributed by atoms with Gasteiger partial charge in [-0.05, 0) is 24.3 Å². The van der Waals surface area contributed by atoms with Crippen molar-refractivity contribution in [1.82, 2.24) is 4.90 Å². The highest BCUT2D eigenvalue weighted by Crippen LogP contribution is 2.22. The summed E-state index contributed by atoms with van der Waals surface area (Å²) in [7, 11) is 2.80. The summed E-state index contributed by atoms with van der Waals surface area (Å²) < 4.78 is 44.8. The van der Waals surface area contributed by atoms with Crippen LogP contribution in [-0.4, -0.2) is 25.0 Å². The molecule has 2 aromatic carbocycles. The van der Waals surface area contributed by atoms with Crippen LogP contribution in [-0.2, 0) is 6.54 Å². The van der Waals surface area contributed by atoms with E-state index < -0.39 is 23.4 Å². The summed E-state index contributed by atoms with van der Waals surface area (Å²) in [5, 5.41) is 0. The van der Waals surface area contributed by atoms with Gasteiger partial charge in [0.25, 0.3) is 5.91 Å². The van der Waals surface area contributed by atoms with Gasteiger partial charge in [0, 0.05) is 25.2 Å². The minimum Gasteiger partial charge on any atom is -0.496 e. The van der Waals surface area contributed by atoms with Crippen LogP contribution in [0.25, 0.3) is 0 Å². The molecule has 0 fully saturated rings. The maximum Gasteiger partial charge on any atom is 0.257 e. The first kappa shape index (κ1) is 15.9. The number of amides is 1. The molecule has 2 aromatic rings. The highest BCUT2D eigenvalue weighted by Gasteiger charge is 2.19. The second-order valence-corrected chi connectivity index (χ2v) is 4.74. The van der Waals surface area contributed by atoms with Crippen molar-refractivity contribution in [2.75, 3.05) is 14.2 Å². The van der Waals surface area contributed by atoms with Crippen molar-refractivity contribution in [2.45, 2.75) is 6.54 Å². The van der Waals surface area contributed by atoms with Crippen LogP contribution in [0.4, 0.5) is 13.2 Å². The quantitative estimate of drug-likeness (QED) is 0.866. The second kappa shape index (κ2) is 6.51. The van der Waals surface area contributed by atoms with Crippen LogP contribution in [0.2, 0.25) is 0 Å². The lowest BCUT2D eigenvalue weighted by molar-refractivity contribution is 0.0780. The molecule has 0 heterocycles. The molecule has 0 N–H and O–H groups in total. The molecule has 0 aliphatic heterocycles.